The summed E-state index contributed by atoms with van der Waals surface area (Å²) in [5.41, 5.74) is 6.63. The van der Waals surface area contributed by atoms with Gasteiger partial charge in [-0.25, -0.2) is 0 Å². The standard InChI is InChI=1S/C18H26N4O2/c19-18(24)16-7-4-9-22(16)13-17(23)20-11-14-8-10-21(12-14)15-5-2-1-3-6-15/h1-3,5-6,14,16H,4,7-13H2,(H2,19,24)(H,20,23). The van der Waals surface area contributed by atoms with Crippen LogP contribution < -0.4 is 16.0 Å². The predicted molar refractivity (Wildman–Crippen MR) is 93.6 cm³/mol. The lowest BCUT2D eigenvalue weighted by molar-refractivity contribution is -0.125. The molecule has 0 aliphatic carbocycles. The summed E-state index contributed by atoms with van der Waals surface area (Å²) in [6.45, 7) is 3.73. The van der Waals surface area contributed by atoms with Crippen LogP contribution in [0.4, 0.5) is 5.69 Å². The number of nitrogens with two attached hydrogens (primary N) is 1. The van der Waals surface area contributed by atoms with Crippen LogP contribution in [0.5, 0.6) is 0 Å². The molecule has 0 bridgehead atoms. The number of amides is 2. The highest BCUT2D eigenvalue weighted by atomic mass is 16.2. The lowest BCUT2D eigenvalue weighted by atomic mass is 10.1. The zero-order valence-corrected chi connectivity index (χ0v) is 14.0. The van der Waals surface area contributed by atoms with Crippen LogP contribution in [0.15, 0.2) is 30.3 Å². The largest absolute Gasteiger partial charge is 0.371 e. The molecular weight excluding hydrogens is 304 g/mol. The van der Waals surface area contributed by atoms with Gasteiger partial charge in [0.25, 0.3) is 0 Å². The molecule has 0 radical (unpaired) electrons. The molecule has 2 fully saturated rings. The molecule has 2 aliphatic rings. The summed E-state index contributed by atoms with van der Waals surface area (Å²) in [7, 11) is 0. The lowest BCUT2D eigenvalue weighted by Gasteiger charge is -2.22. The van der Waals surface area contributed by atoms with E-state index in [1.165, 1.54) is 5.69 Å². The Kier molecular flexibility index (Phi) is 5.35. The van der Waals surface area contributed by atoms with Crippen LogP contribution in [0.25, 0.3) is 0 Å². The van der Waals surface area contributed by atoms with Crippen molar-refractivity contribution in [2.75, 3.05) is 37.6 Å². The SMILES string of the molecule is NC(=O)C1CCCN1CC(=O)NCC1CCN(c2ccccc2)C1. The van der Waals surface area contributed by atoms with E-state index < -0.39 is 0 Å². The molecule has 2 saturated heterocycles. The quantitative estimate of drug-likeness (QED) is 0.800. The third-order valence-electron chi connectivity index (χ3n) is 5.03. The lowest BCUT2D eigenvalue weighted by Crippen LogP contribution is -2.46. The van der Waals surface area contributed by atoms with Gasteiger partial charge in [-0.1, -0.05) is 18.2 Å². The molecule has 6 heteroatoms. The van der Waals surface area contributed by atoms with E-state index in [2.05, 4.69) is 34.5 Å². The maximum absolute atomic E-state index is 12.2. The Morgan fingerprint density at radius 2 is 1.96 bits per heavy atom. The van der Waals surface area contributed by atoms with Crippen molar-refractivity contribution in [1.82, 2.24) is 10.2 Å². The van der Waals surface area contributed by atoms with E-state index in [1.54, 1.807) is 0 Å². The van der Waals surface area contributed by atoms with Crippen molar-refractivity contribution < 1.29 is 9.59 Å². The highest BCUT2D eigenvalue weighted by Crippen LogP contribution is 2.23. The van der Waals surface area contributed by atoms with E-state index in [1.807, 2.05) is 11.0 Å². The summed E-state index contributed by atoms with van der Waals surface area (Å²) in [5, 5.41) is 3.02. The number of rotatable bonds is 6. The van der Waals surface area contributed by atoms with E-state index in [0.717, 1.165) is 38.9 Å². The van der Waals surface area contributed by atoms with Crippen LogP contribution in [0.3, 0.4) is 0 Å². The van der Waals surface area contributed by atoms with Gasteiger partial charge in [0.05, 0.1) is 12.6 Å². The Bertz CT molecular complexity index is 578. The zero-order valence-electron chi connectivity index (χ0n) is 14.0. The van der Waals surface area contributed by atoms with Crippen molar-refractivity contribution in [3.63, 3.8) is 0 Å². The Morgan fingerprint density at radius 1 is 1.17 bits per heavy atom. The smallest absolute Gasteiger partial charge is 0.234 e. The summed E-state index contributed by atoms with van der Waals surface area (Å²) in [6, 6.07) is 10.1. The van der Waals surface area contributed by atoms with Crippen molar-refractivity contribution in [2.45, 2.75) is 25.3 Å². The second kappa shape index (κ2) is 7.66. The first kappa shape index (κ1) is 16.8. The number of benzene rings is 1. The Balaban J connectivity index is 1.42. The van der Waals surface area contributed by atoms with E-state index in [-0.39, 0.29) is 24.4 Å². The average molecular weight is 330 g/mol. The number of anilines is 1. The van der Waals surface area contributed by atoms with Crippen molar-refractivity contribution in [3.05, 3.63) is 30.3 Å². The van der Waals surface area contributed by atoms with Crippen LogP contribution in [0.1, 0.15) is 19.3 Å². The van der Waals surface area contributed by atoms with E-state index in [0.29, 0.717) is 12.5 Å². The van der Waals surface area contributed by atoms with Gasteiger partial charge >= 0.3 is 0 Å². The van der Waals surface area contributed by atoms with Crippen molar-refractivity contribution in [2.24, 2.45) is 11.7 Å². The maximum Gasteiger partial charge on any atom is 0.234 e. The van der Waals surface area contributed by atoms with Crippen LogP contribution in [0.2, 0.25) is 0 Å². The van der Waals surface area contributed by atoms with Gasteiger partial charge in [-0.05, 0) is 43.9 Å². The molecule has 2 unspecified atom stereocenters. The summed E-state index contributed by atoms with van der Waals surface area (Å²) < 4.78 is 0. The number of carbonyl (C=O) groups is 2. The first-order chi connectivity index (χ1) is 11.6. The molecular formula is C18H26N4O2. The molecule has 2 aliphatic heterocycles. The molecule has 6 nitrogen and oxygen atoms in total. The number of nitrogens with one attached hydrogen (secondary N) is 1. The fourth-order valence-corrected chi connectivity index (χ4v) is 3.71. The predicted octanol–water partition coefficient (Wildman–Crippen LogP) is 0.579. The molecule has 2 heterocycles. The third-order valence-corrected chi connectivity index (χ3v) is 5.03. The minimum Gasteiger partial charge on any atom is -0.371 e. The summed E-state index contributed by atoms with van der Waals surface area (Å²) in [5.74, 6) is 0.135. The van der Waals surface area contributed by atoms with Gasteiger partial charge in [-0.15, -0.1) is 0 Å². The molecule has 24 heavy (non-hydrogen) atoms. The molecule has 0 saturated carbocycles. The highest BCUT2D eigenvalue weighted by Gasteiger charge is 2.30. The molecule has 3 rings (SSSR count). The summed E-state index contributed by atoms with van der Waals surface area (Å²) >= 11 is 0. The van der Waals surface area contributed by atoms with E-state index in [9.17, 15) is 9.59 Å². The topological polar surface area (TPSA) is 78.7 Å². The van der Waals surface area contributed by atoms with Crippen molar-refractivity contribution >= 4 is 17.5 Å². The molecule has 0 spiro atoms. The molecule has 3 N–H and O–H groups in total. The number of para-hydroxylation sites is 1. The Labute approximate surface area is 143 Å². The van der Waals surface area contributed by atoms with Gasteiger partial charge in [0, 0.05) is 25.3 Å². The summed E-state index contributed by atoms with van der Waals surface area (Å²) in [6.07, 6.45) is 2.77. The number of likely N-dealkylation sites (tertiary alicyclic amines) is 1. The molecule has 2 amide bonds. The van der Waals surface area contributed by atoms with E-state index in [4.69, 9.17) is 5.73 Å². The van der Waals surface area contributed by atoms with Crippen LogP contribution in [-0.2, 0) is 9.59 Å². The number of primary amides is 1. The van der Waals surface area contributed by atoms with Crippen LogP contribution in [0, 0.1) is 5.92 Å². The molecule has 0 aromatic heterocycles. The molecule has 1 aromatic carbocycles. The fourth-order valence-electron chi connectivity index (χ4n) is 3.71. The maximum atomic E-state index is 12.2. The van der Waals surface area contributed by atoms with E-state index >= 15 is 0 Å². The second-order valence-corrected chi connectivity index (χ2v) is 6.77. The minimum atomic E-state index is -0.324. The fraction of sp³-hybridized carbons (Fsp3) is 0.556. The van der Waals surface area contributed by atoms with Gasteiger partial charge in [0.15, 0.2) is 0 Å². The first-order valence-corrected chi connectivity index (χ1v) is 8.73. The van der Waals surface area contributed by atoms with Gasteiger partial charge in [0.1, 0.15) is 0 Å². The monoisotopic (exact) mass is 330 g/mol. The second-order valence-electron chi connectivity index (χ2n) is 6.77. The molecule has 2 atom stereocenters. The van der Waals surface area contributed by atoms with Crippen molar-refractivity contribution in [1.29, 1.82) is 0 Å². The molecule has 130 valence electrons. The highest BCUT2D eigenvalue weighted by molar-refractivity contribution is 5.82. The Morgan fingerprint density at radius 3 is 2.71 bits per heavy atom. The van der Waals surface area contributed by atoms with Gasteiger partial charge in [0.2, 0.25) is 11.8 Å². The van der Waals surface area contributed by atoms with Crippen LogP contribution in [-0.4, -0.2) is 55.5 Å². The Hall–Kier alpha value is -2.08. The number of carbonyl (C=O) groups excluding carboxylic acids is 2. The average Bonchev–Trinajstić information content (AvgIpc) is 3.23. The first-order valence-electron chi connectivity index (χ1n) is 8.73. The van der Waals surface area contributed by atoms with Gasteiger partial charge < -0.3 is 16.0 Å². The normalized spacial score (nSPS) is 24.2. The van der Waals surface area contributed by atoms with Crippen molar-refractivity contribution in [3.8, 4) is 0 Å². The number of hydrogen-bond acceptors (Lipinski definition) is 4. The number of hydrogen-bond donors (Lipinski definition) is 2. The number of nitrogens with zero attached hydrogens (tertiary/aromatic N) is 2. The minimum absolute atomic E-state index is 0.0127. The molecule has 1 aromatic rings. The third kappa shape index (κ3) is 4.06. The zero-order chi connectivity index (χ0) is 16.9. The van der Waals surface area contributed by atoms with Gasteiger partial charge in [-0.3, -0.25) is 14.5 Å². The van der Waals surface area contributed by atoms with Crippen LogP contribution >= 0.6 is 0 Å². The summed E-state index contributed by atoms with van der Waals surface area (Å²) in [4.78, 5) is 27.8. The van der Waals surface area contributed by atoms with Gasteiger partial charge in [-0.2, -0.15) is 0 Å².